The second kappa shape index (κ2) is 7.43. The van der Waals surface area contributed by atoms with Crippen LogP contribution < -0.4 is 0 Å². The van der Waals surface area contributed by atoms with Gasteiger partial charge in [-0.15, -0.1) is 0 Å². The van der Waals surface area contributed by atoms with E-state index in [0.717, 1.165) is 27.7 Å². The number of hydrogen-bond acceptors (Lipinski definition) is 4. The van der Waals surface area contributed by atoms with Gasteiger partial charge in [0.05, 0.1) is 24.2 Å². The smallest absolute Gasteiger partial charge is 0.227 e. The molecule has 0 spiro atoms. The van der Waals surface area contributed by atoms with Gasteiger partial charge in [-0.25, -0.2) is 8.42 Å². The number of nitrogens with zero attached hydrogens (tertiary/aromatic N) is 1. The van der Waals surface area contributed by atoms with Gasteiger partial charge in [0, 0.05) is 23.5 Å². The van der Waals surface area contributed by atoms with Crippen molar-refractivity contribution in [2.45, 2.75) is 32.4 Å². The lowest BCUT2D eigenvalue weighted by molar-refractivity contribution is -0.133. The third-order valence-corrected chi connectivity index (χ3v) is 7.07. The summed E-state index contributed by atoms with van der Waals surface area (Å²) in [7, 11) is -3.08. The van der Waals surface area contributed by atoms with Crippen molar-refractivity contribution in [3.05, 3.63) is 71.5 Å². The molecule has 1 atom stereocenters. The molecule has 6 heteroatoms. The first-order valence-corrected chi connectivity index (χ1v) is 11.2. The number of aryl methyl sites for hydroxylation is 1. The summed E-state index contributed by atoms with van der Waals surface area (Å²) in [6, 6.07) is 15.3. The molecular weight excluding hydrogens is 374 g/mol. The van der Waals surface area contributed by atoms with Crippen molar-refractivity contribution >= 4 is 26.7 Å². The lowest BCUT2D eigenvalue weighted by atomic mass is 10.1. The van der Waals surface area contributed by atoms with Gasteiger partial charge in [-0.2, -0.15) is 0 Å². The van der Waals surface area contributed by atoms with Crippen molar-refractivity contribution in [2.24, 2.45) is 0 Å². The molecule has 1 unspecified atom stereocenters. The van der Waals surface area contributed by atoms with Crippen LogP contribution in [0.25, 0.3) is 11.0 Å². The molecule has 0 aliphatic carbocycles. The highest BCUT2D eigenvalue weighted by molar-refractivity contribution is 7.91. The Hall–Kier alpha value is -2.60. The first-order valence-electron chi connectivity index (χ1n) is 9.42. The predicted molar refractivity (Wildman–Crippen MR) is 109 cm³/mol. The number of rotatable bonds is 5. The van der Waals surface area contributed by atoms with Gasteiger partial charge in [0.2, 0.25) is 5.91 Å². The van der Waals surface area contributed by atoms with Gasteiger partial charge in [-0.1, -0.05) is 42.5 Å². The Kier molecular flexibility index (Phi) is 4.98. The SMILES string of the molecule is Cc1ccc2c(CC(=O)N(Cc3ccccc3)C3CCS(=O)(=O)C3)coc2c1. The summed E-state index contributed by atoms with van der Waals surface area (Å²) in [4.78, 5) is 14.9. The maximum Gasteiger partial charge on any atom is 0.227 e. The molecule has 1 amide bonds. The zero-order valence-corrected chi connectivity index (χ0v) is 16.6. The minimum atomic E-state index is -3.08. The number of hydrogen-bond donors (Lipinski definition) is 0. The summed E-state index contributed by atoms with van der Waals surface area (Å²) >= 11 is 0. The van der Waals surface area contributed by atoms with Gasteiger partial charge in [0.25, 0.3) is 0 Å². The highest BCUT2D eigenvalue weighted by atomic mass is 32.2. The van der Waals surface area contributed by atoms with Crippen LogP contribution in [0.5, 0.6) is 0 Å². The van der Waals surface area contributed by atoms with Gasteiger partial charge in [0.15, 0.2) is 9.84 Å². The number of sulfone groups is 1. The van der Waals surface area contributed by atoms with E-state index in [1.165, 1.54) is 0 Å². The fourth-order valence-corrected chi connectivity index (χ4v) is 5.54. The first kappa shape index (κ1) is 18.7. The third-order valence-electron chi connectivity index (χ3n) is 5.32. The van der Waals surface area contributed by atoms with E-state index in [1.807, 2.05) is 55.5 Å². The van der Waals surface area contributed by atoms with Gasteiger partial charge in [-0.05, 0) is 30.5 Å². The molecule has 1 aromatic heterocycles. The van der Waals surface area contributed by atoms with Crippen molar-refractivity contribution in [1.82, 2.24) is 4.90 Å². The molecule has 0 radical (unpaired) electrons. The molecule has 0 saturated carbocycles. The van der Waals surface area contributed by atoms with Gasteiger partial charge >= 0.3 is 0 Å². The average molecular weight is 397 g/mol. The van der Waals surface area contributed by atoms with Crippen molar-refractivity contribution in [2.75, 3.05) is 11.5 Å². The topological polar surface area (TPSA) is 67.6 Å². The summed E-state index contributed by atoms with van der Waals surface area (Å²) in [5, 5.41) is 0.928. The number of carbonyl (C=O) groups is 1. The van der Waals surface area contributed by atoms with E-state index >= 15 is 0 Å². The van der Waals surface area contributed by atoms with E-state index in [2.05, 4.69) is 0 Å². The molecule has 1 aliphatic rings. The lowest BCUT2D eigenvalue weighted by Crippen LogP contribution is -2.41. The Bertz CT molecular complexity index is 1100. The first-order chi connectivity index (χ1) is 13.4. The maximum absolute atomic E-state index is 13.2. The van der Waals surface area contributed by atoms with Crippen LogP contribution in [0.2, 0.25) is 0 Å². The minimum Gasteiger partial charge on any atom is -0.464 e. The van der Waals surface area contributed by atoms with E-state index in [4.69, 9.17) is 4.42 Å². The van der Waals surface area contributed by atoms with Crippen LogP contribution in [0.15, 0.2) is 59.2 Å². The normalized spacial score (nSPS) is 18.4. The predicted octanol–water partition coefficient (Wildman–Crippen LogP) is 3.50. The average Bonchev–Trinajstić information content (AvgIpc) is 3.23. The molecule has 3 aromatic rings. The molecule has 28 heavy (non-hydrogen) atoms. The van der Waals surface area contributed by atoms with Gasteiger partial charge < -0.3 is 9.32 Å². The zero-order valence-electron chi connectivity index (χ0n) is 15.8. The molecule has 1 saturated heterocycles. The standard InChI is InChI=1S/C22H23NO4S/c1-16-7-8-20-18(14-27-21(20)11-16)12-22(24)23(13-17-5-3-2-4-6-17)19-9-10-28(25,26)15-19/h2-8,11,14,19H,9-10,12-13,15H2,1H3. The Balaban J connectivity index is 1.60. The van der Waals surface area contributed by atoms with E-state index in [0.29, 0.717) is 13.0 Å². The van der Waals surface area contributed by atoms with E-state index in [1.54, 1.807) is 11.2 Å². The van der Waals surface area contributed by atoms with E-state index in [9.17, 15) is 13.2 Å². The summed E-state index contributed by atoms with van der Waals surface area (Å²) in [6.45, 7) is 2.41. The summed E-state index contributed by atoms with van der Waals surface area (Å²) in [5.41, 5.74) is 3.69. The highest BCUT2D eigenvalue weighted by Crippen LogP contribution is 2.25. The Morgan fingerprint density at radius 1 is 1.18 bits per heavy atom. The van der Waals surface area contributed by atoms with E-state index < -0.39 is 9.84 Å². The Morgan fingerprint density at radius 3 is 2.68 bits per heavy atom. The van der Waals surface area contributed by atoms with Crippen LogP contribution in [0.3, 0.4) is 0 Å². The Labute approximate surface area is 164 Å². The largest absolute Gasteiger partial charge is 0.464 e. The molecule has 1 fully saturated rings. The van der Waals surface area contributed by atoms with Crippen LogP contribution >= 0.6 is 0 Å². The molecule has 5 nitrogen and oxygen atoms in total. The molecule has 2 aromatic carbocycles. The minimum absolute atomic E-state index is 0.0386. The van der Waals surface area contributed by atoms with Crippen molar-refractivity contribution in [3.63, 3.8) is 0 Å². The van der Waals surface area contributed by atoms with Crippen molar-refractivity contribution in [3.8, 4) is 0 Å². The summed E-state index contributed by atoms with van der Waals surface area (Å²) < 4.78 is 29.6. The number of furan rings is 1. The maximum atomic E-state index is 13.2. The van der Waals surface area contributed by atoms with Crippen LogP contribution in [-0.4, -0.2) is 36.8 Å². The molecule has 146 valence electrons. The molecule has 4 rings (SSSR count). The Morgan fingerprint density at radius 2 is 1.96 bits per heavy atom. The molecule has 0 bridgehead atoms. The monoisotopic (exact) mass is 397 g/mol. The number of benzene rings is 2. The third kappa shape index (κ3) is 3.97. The fourth-order valence-electron chi connectivity index (χ4n) is 3.81. The summed E-state index contributed by atoms with van der Waals surface area (Å²) in [5.74, 6) is 0.107. The van der Waals surface area contributed by atoms with E-state index in [-0.39, 0.29) is 29.9 Å². The van der Waals surface area contributed by atoms with Gasteiger partial charge in [-0.3, -0.25) is 4.79 Å². The number of carbonyl (C=O) groups excluding carboxylic acids is 1. The van der Waals surface area contributed by atoms with Gasteiger partial charge in [0.1, 0.15) is 5.58 Å². The molecule has 0 N–H and O–H groups in total. The van der Waals surface area contributed by atoms with Crippen LogP contribution in [0.1, 0.15) is 23.1 Å². The summed E-state index contributed by atoms with van der Waals surface area (Å²) in [6.07, 6.45) is 2.32. The molecular formula is C22H23NO4S. The van der Waals surface area contributed by atoms with Crippen LogP contribution in [0.4, 0.5) is 0 Å². The van der Waals surface area contributed by atoms with Crippen molar-refractivity contribution in [1.29, 1.82) is 0 Å². The van der Waals surface area contributed by atoms with Crippen molar-refractivity contribution < 1.29 is 17.6 Å². The van der Waals surface area contributed by atoms with Crippen LogP contribution in [0, 0.1) is 6.92 Å². The fraction of sp³-hybridized carbons (Fsp3) is 0.318. The lowest BCUT2D eigenvalue weighted by Gasteiger charge is -2.28. The molecule has 1 aliphatic heterocycles. The zero-order chi connectivity index (χ0) is 19.7. The van der Waals surface area contributed by atoms with Crippen LogP contribution in [-0.2, 0) is 27.6 Å². The second-order valence-electron chi connectivity index (χ2n) is 7.50. The second-order valence-corrected chi connectivity index (χ2v) is 9.73. The number of amides is 1. The highest BCUT2D eigenvalue weighted by Gasteiger charge is 2.34. The quantitative estimate of drug-likeness (QED) is 0.661. The molecule has 2 heterocycles. The number of fused-ring (bicyclic) bond motifs is 1.